The first-order chi connectivity index (χ1) is 17.7. The molecule has 2 aliphatic rings. The summed E-state index contributed by atoms with van der Waals surface area (Å²) in [6.07, 6.45) is 8.04. The summed E-state index contributed by atoms with van der Waals surface area (Å²) in [6.45, 7) is 5.39. The lowest BCUT2D eigenvalue weighted by Crippen LogP contribution is -2.31. The number of nitrogens with one attached hydrogen (secondary N) is 1. The minimum Gasteiger partial charge on any atom is -0.493 e. The van der Waals surface area contributed by atoms with Crippen LogP contribution in [0.25, 0.3) is 10.9 Å². The second-order valence-corrected chi connectivity index (χ2v) is 9.73. The summed E-state index contributed by atoms with van der Waals surface area (Å²) in [7, 11) is 0. The molecule has 0 spiro atoms. The van der Waals surface area contributed by atoms with Gasteiger partial charge >= 0.3 is 0 Å². The van der Waals surface area contributed by atoms with Gasteiger partial charge in [-0.25, -0.2) is 14.4 Å². The van der Waals surface area contributed by atoms with Crippen LogP contribution in [0.2, 0.25) is 5.02 Å². The molecule has 2 aromatic carbocycles. The number of piperidine rings is 1. The fourth-order valence-electron chi connectivity index (χ4n) is 4.75. The van der Waals surface area contributed by atoms with Crippen LogP contribution in [-0.4, -0.2) is 60.4 Å². The molecule has 3 heterocycles. The van der Waals surface area contributed by atoms with Gasteiger partial charge in [0.25, 0.3) is 0 Å². The number of nitrogens with zero attached hydrogens (tertiary/aromatic N) is 3. The zero-order valence-corrected chi connectivity index (χ0v) is 21.1. The highest BCUT2D eigenvalue weighted by atomic mass is 35.5. The van der Waals surface area contributed by atoms with E-state index in [1.165, 1.54) is 50.8 Å². The van der Waals surface area contributed by atoms with E-state index in [1.54, 1.807) is 6.07 Å². The lowest BCUT2D eigenvalue weighted by atomic mass is 10.1. The van der Waals surface area contributed by atoms with Crippen LogP contribution in [0, 0.1) is 5.82 Å². The highest BCUT2D eigenvalue weighted by Crippen LogP contribution is 2.37. The Labute approximate surface area is 215 Å². The summed E-state index contributed by atoms with van der Waals surface area (Å²) in [6, 6.07) is 8.31. The van der Waals surface area contributed by atoms with E-state index in [-0.39, 0.29) is 11.1 Å². The Kier molecular flexibility index (Phi) is 8.36. The number of benzene rings is 2. The minimum atomic E-state index is -0.472. The molecule has 0 saturated carbocycles. The molecule has 7 nitrogen and oxygen atoms in total. The summed E-state index contributed by atoms with van der Waals surface area (Å²) >= 11 is 5.99. The number of fused-ring (bicyclic) bond motifs is 1. The van der Waals surface area contributed by atoms with Crippen molar-refractivity contribution >= 4 is 34.0 Å². The molecule has 0 amide bonds. The summed E-state index contributed by atoms with van der Waals surface area (Å²) in [5, 5.41) is 4.03. The van der Waals surface area contributed by atoms with Gasteiger partial charge in [-0.15, -0.1) is 0 Å². The maximum Gasteiger partial charge on any atom is 0.145 e. The second-order valence-electron chi connectivity index (χ2n) is 9.33. The van der Waals surface area contributed by atoms with Crippen LogP contribution in [-0.2, 0) is 4.74 Å². The van der Waals surface area contributed by atoms with E-state index in [0.717, 1.165) is 36.9 Å². The van der Waals surface area contributed by atoms with Crippen molar-refractivity contribution < 1.29 is 18.6 Å². The third kappa shape index (κ3) is 6.35. The number of aromatic nitrogens is 2. The number of hydrogen-bond donors (Lipinski definition) is 1. The average molecular weight is 515 g/mol. The Balaban J connectivity index is 1.38. The van der Waals surface area contributed by atoms with E-state index in [1.807, 2.05) is 12.1 Å². The third-order valence-electron chi connectivity index (χ3n) is 6.66. The van der Waals surface area contributed by atoms with Crippen molar-refractivity contribution in [1.82, 2.24) is 14.9 Å². The number of halogens is 2. The maximum atomic E-state index is 13.7. The third-order valence-corrected chi connectivity index (χ3v) is 6.95. The van der Waals surface area contributed by atoms with Gasteiger partial charge in [-0.05, 0) is 50.6 Å². The largest absolute Gasteiger partial charge is 0.493 e. The minimum absolute atomic E-state index is 0.0321. The van der Waals surface area contributed by atoms with E-state index in [2.05, 4.69) is 20.2 Å². The quantitative estimate of drug-likeness (QED) is 0.352. The Hall–Kier alpha value is -2.68. The first-order valence-corrected chi connectivity index (χ1v) is 13.1. The summed E-state index contributed by atoms with van der Waals surface area (Å²) in [4.78, 5) is 11.5. The molecule has 9 heteroatoms. The number of anilines is 2. The topological polar surface area (TPSA) is 68.7 Å². The first-order valence-electron chi connectivity index (χ1n) is 12.8. The van der Waals surface area contributed by atoms with Crippen LogP contribution < -0.4 is 14.8 Å². The zero-order valence-electron chi connectivity index (χ0n) is 20.3. The van der Waals surface area contributed by atoms with Crippen molar-refractivity contribution in [3.8, 4) is 11.5 Å². The molecule has 2 fully saturated rings. The standard InChI is InChI=1S/C27H32ClFN4O3/c28-22-15-19(5-6-23(22)29)32-27-26-24(30-18-31-27)16-21(17-25(26)36-20-7-13-34-14-8-20)35-12-4-11-33-9-2-1-3-10-33/h5-6,15-18,20H,1-4,7-14H2,(H,30,31,32). The number of rotatable bonds is 9. The van der Waals surface area contributed by atoms with Crippen LogP contribution in [0.5, 0.6) is 11.5 Å². The van der Waals surface area contributed by atoms with Crippen LogP contribution in [0.3, 0.4) is 0 Å². The van der Waals surface area contributed by atoms with Gasteiger partial charge in [0, 0.05) is 37.2 Å². The lowest BCUT2D eigenvalue weighted by Gasteiger charge is -2.26. The van der Waals surface area contributed by atoms with Gasteiger partial charge in [-0.1, -0.05) is 18.0 Å². The molecule has 36 heavy (non-hydrogen) atoms. The van der Waals surface area contributed by atoms with Gasteiger partial charge in [0.2, 0.25) is 0 Å². The van der Waals surface area contributed by atoms with Crippen LogP contribution in [0.4, 0.5) is 15.9 Å². The van der Waals surface area contributed by atoms with Gasteiger partial charge < -0.3 is 24.4 Å². The molecule has 0 aliphatic carbocycles. The normalized spacial score (nSPS) is 17.3. The smallest absolute Gasteiger partial charge is 0.145 e. The fraction of sp³-hybridized carbons (Fsp3) is 0.481. The van der Waals surface area contributed by atoms with Gasteiger partial charge in [0.1, 0.15) is 35.6 Å². The van der Waals surface area contributed by atoms with Crippen LogP contribution in [0.1, 0.15) is 38.5 Å². The predicted octanol–water partition coefficient (Wildman–Crippen LogP) is 5.98. The molecule has 0 bridgehead atoms. The van der Waals surface area contributed by atoms with Crippen molar-refractivity contribution in [2.75, 3.05) is 44.8 Å². The molecule has 0 unspecified atom stereocenters. The Morgan fingerprint density at radius 3 is 2.72 bits per heavy atom. The van der Waals surface area contributed by atoms with E-state index in [0.29, 0.717) is 42.6 Å². The van der Waals surface area contributed by atoms with Gasteiger partial charge in [-0.2, -0.15) is 0 Å². The fourth-order valence-corrected chi connectivity index (χ4v) is 4.93. The van der Waals surface area contributed by atoms with Crippen molar-refractivity contribution in [3.05, 3.63) is 47.5 Å². The van der Waals surface area contributed by atoms with Gasteiger partial charge in [0.15, 0.2) is 0 Å². The lowest BCUT2D eigenvalue weighted by molar-refractivity contribution is 0.0261. The highest BCUT2D eigenvalue weighted by molar-refractivity contribution is 6.31. The van der Waals surface area contributed by atoms with Crippen molar-refractivity contribution in [2.45, 2.75) is 44.6 Å². The van der Waals surface area contributed by atoms with Crippen molar-refractivity contribution in [1.29, 1.82) is 0 Å². The Morgan fingerprint density at radius 2 is 1.92 bits per heavy atom. The van der Waals surface area contributed by atoms with E-state index in [9.17, 15) is 4.39 Å². The predicted molar refractivity (Wildman–Crippen MR) is 139 cm³/mol. The summed E-state index contributed by atoms with van der Waals surface area (Å²) < 4.78 is 31.8. The maximum absolute atomic E-state index is 13.7. The molecular weight excluding hydrogens is 483 g/mol. The van der Waals surface area contributed by atoms with E-state index in [4.69, 9.17) is 25.8 Å². The Bertz CT molecular complexity index is 1170. The van der Waals surface area contributed by atoms with Gasteiger partial charge in [-0.3, -0.25) is 0 Å². The molecule has 5 rings (SSSR count). The summed E-state index contributed by atoms with van der Waals surface area (Å²) in [5.41, 5.74) is 1.33. The number of likely N-dealkylation sites (tertiary alicyclic amines) is 1. The molecule has 0 atom stereocenters. The zero-order chi connectivity index (χ0) is 24.7. The molecule has 0 radical (unpaired) electrons. The van der Waals surface area contributed by atoms with Crippen LogP contribution >= 0.6 is 11.6 Å². The molecule has 1 N–H and O–H groups in total. The number of hydrogen-bond acceptors (Lipinski definition) is 7. The number of ether oxygens (including phenoxy) is 3. The highest BCUT2D eigenvalue weighted by Gasteiger charge is 2.20. The monoisotopic (exact) mass is 514 g/mol. The van der Waals surface area contributed by atoms with Crippen LogP contribution in [0.15, 0.2) is 36.7 Å². The molecule has 1 aromatic heterocycles. The SMILES string of the molecule is Fc1ccc(Nc2ncnc3cc(OCCCN4CCCCC4)cc(OC4CCOCC4)c23)cc1Cl. The average Bonchev–Trinajstić information content (AvgIpc) is 2.90. The molecular formula is C27H32ClFN4O3. The van der Waals surface area contributed by atoms with E-state index < -0.39 is 5.82 Å². The molecule has 2 aliphatic heterocycles. The second kappa shape index (κ2) is 12.0. The Morgan fingerprint density at radius 1 is 1.08 bits per heavy atom. The van der Waals surface area contributed by atoms with Crippen molar-refractivity contribution in [2.24, 2.45) is 0 Å². The van der Waals surface area contributed by atoms with Crippen molar-refractivity contribution in [3.63, 3.8) is 0 Å². The molecule has 2 saturated heterocycles. The first kappa shape index (κ1) is 25.0. The molecule has 3 aromatic rings. The van der Waals surface area contributed by atoms with Gasteiger partial charge in [0.05, 0.1) is 35.7 Å². The molecule has 192 valence electrons. The van der Waals surface area contributed by atoms with E-state index >= 15 is 0 Å². The summed E-state index contributed by atoms with van der Waals surface area (Å²) in [5.74, 6) is 1.46.